The summed E-state index contributed by atoms with van der Waals surface area (Å²) in [5.41, 5.74) is 1.20. The molecule has 4 heteroatoms. The molecule has 0 radical (unpaired) electrons. The molecule has 1 unspecified atom stereocenters. The van der Waals surface area contributed by atoms with Crippen LogP contribution in [0.5, 0.6) is 0 Å². The second kappa shape index (κ2) is 6.42. The molecule has 1 aliphatic rings. The fourth-order valence-electron chi connectivity index (χ4n) is 2.77. The topological polar surface area (TPSA) is 33.1 Å². The first kappa shape index (κ1) is 14.4. The van der Waals surface area contributed by atoms with E-state index in [-0.39, 0.29) is 0 Å². The van der Waals surface area contributed by atoms with Gasteiger partial charge in [-0.05, 0) is 31.7 Å². The van der Waals surface area contributed by atoms with Gasteiger partial charge >= 0.3 is 0 Å². The number of nitrogens with zero attached hydrogens (tertiary/aromatic N) is 3. The van der Waals surface area contributed by atoms with Crippen LogP contribution in [0.1, 0.15) is 39.3 Å². The van der Waals surface area contributed by atoms with Gasteiger partial charge in [0.05, 0.1) is 5.69 Å². The van der Waals surface area contributed by atoms with Crippen LogP contribution in [0.3, 0.4) is 0 Å². The molecule has 0 aromatic carbocycles. The predicted octanol–water partition coefficient (Wildman–Crippen LogP) is 2.29. The van der Waals surface area contributed by atoms with E-state index < -0.39 is 0 Å². The highest BCUT2D eigenvalue weighted by atomic mass is 15.3. The molecule has 0 saturated carbocycles. The number of piperidine rings is 1. The third kappa shape index (κ3) is 3.50. The zero-order chi connectivity index (χ0) is 13.8. The van der Waals surface area contributed by atoms with Gasteiger partial charge in [0.2, 0.25) is 5.95 Å². The molecule has 2 heterocycles. The maximum absolute atomic E-state index is 4.82. The smallest absolute Gasteiger partial charge is 0.205 e. The minimum absolute atomic E-state index is 0.576. The van der Waals surface area contributed by atoms with E-state index in [9.17, 15) is 0 Å². The average molecular weight is 264 g/mol. The number of rotatable bonds is 5. The Bertz CT molecular complexity index is 391. The molecule has 0 bridgehead atoms. The number of imidazole rings is 1. The molecule has 1 saturated heterocycles. The predicted molar refractivity (Wildman–Crippen MR) is 80.7 cm³/mol. The monoisotopic (exact) mass is 264 g/mol. The van der Waals surface area contributed by atoms with E-state index in [2.05, 4.69) is 48.8 Å². The van der Waals surface area contributed by atoms with Crippen LogP contribution in [0, 0.1) is 5.92 Å². The molecular weight excluding hydrogens is 236 g/mol. The van der Waals surface area contributed by atoms with E-state index >= 15 is 0 Å². The minimum Gasteiger partial charge on any atom is -0.341 e. The Balaban J connectivity index is 2.18. The number of aromatic nitrogens is 2. The normalized spacial score (nSPS) is 19.9. The number of hydrogen-bond donors (Lipinski definition) is 1. The number of nitrogens with one attached hydrogen (secondary N) is 1. The zero-order valence-corrected chi connectivity index (χ0v) is 12.8. The van der Waals surface area contributed by atoms with E-state index in [1.165, 1.54) is 18.5 Å². The molecule has 1 N–H and O–H groups in total. The fourth-order valence-corrected chi connectivity index (χ4v) is 2.77. The molecule has 0 spiro atoms. The van der Waals surface area contributed by atoms with E-state index in [4.69, 9.17) is 4.98 Å². The summed E-state index contributed by atoms with van der Waals surface area (Å²) in [4.78, 5) is 7.19. The summed E-state index contributed by atoms with van der Waals surface area (Å²) in [5, 5.41) is 3.49. The lowest BCUT2D eigenvalue weighted by Crippen LogP contribution is -2.45. The zero-order valence-electron chi connectivity index (χ0n) is 12.8. The van der Waals surface area contributed by atoms with Crippen LogP contribution >= 0.6 is 0 Å². The van der Waals surface area contributed by atoms with Crippen molar-refractivity contribution in [3.05, 3.63) is 11.9 Å². The van der Waals surface area contributed by atoms with Gasteiger partial charge in [0.15, 0.2) is 0 Å². The summed E-state index contributed by atoms with van der Waals surface area (Å²) in [6, 6.07) is 0.576. The average Bonchev–Trinajstić information content (AvgIpc) is 2.81. The third-order valence-electron chi connectivity index (χ3n) is 3.86. The molecule has 1 fully saturated rings. The molecule has 4 nitrogen and oxygen atoms in total. The van der Waals surface area contributed by atoms with E-state index in [0.717, 1.165) is 32.0 Å². The molecule has 1 aliphatic heterocycles. The summed E-state index contributed by atoms with van der Waals surface area (Å²) < 4.78 is 2.33. The van der Waals surface area contributed by atoms with Crippen molar-refractivity contribution in [2.24, 2.45) is 5.92 Å². The van der Waals surface area contributed by atoms with Gasteiger partial charge in [-0.2, -0.15) is 0 Å². The molecule has 1 aromatic rings. The molecular formula is C15H28N4. The van der Waals surface area contributed by atoms with Crippen molar-refractivity contribution < 1.29 is 0 Å². The summed E-state index contributed by atoms with van der Waals surface area (Å²) in [7, 11) is 2.19. The van der Waals surface area contributed by atoms with Gasteiger partial charge in [-0.3, -0.25) is 0 Å². The van der Waals surface area contributed by atoms with Gasteiger partial charge < -0.3 is 14.8 Å². The molecule has 1 aromatic heterocycles. The van der Waals surface area contributed by atoms with Crippen LogP contribution in [-0.2, 0) is 13.0 Å². The summed E-state index contributed by atoms with van der Waals surface area (Å²) >= 11 is 0. The quantitative estimate of drug-likeness (QED) is 0.886. The summed E-state index contributed by atoms with van der Waals surface area (Å²) in [5.74, 6) is 1.79. The lowest BCUT2D eigenvalue weighted by molar-refractivity contribution is 0.433. The van der Waals surface area contributed by atoms with Crippen molar-refractivity contribution in [2.45, 2.75) is 52.6 Å². The van der Waals surface area contributed by atoms with Crippen LogP contribution in [-0.4, -0.2) is 35.7 Å². The van der Waals surface area contributed by atoms with E-state index in [1.54, 1.807) is 0 Å². The highest BCUT2D eigenvalue weighted by Crippen LogP contribution is 2.20. The molecule has 2 rings (SSSR count). The Morgan fingerprint density at radius 2 is 2.32 bits per heavy atom. The standard InChI is InChI=1S/C15H28N4/c1-5-13-11-19(10-12(2)3)15(17-13)18(4)14-7-6-8-16-9-14/h11-12,14,16H,5-10H2,1-4H3. The molecule has 108 valence electrons. The number of aryl methyl sites for hydroxylation is 1. The van der Waals surface area contributed by atoms with E-state index in [1.807, 2.05) is 0 Å². The number of hydrogen-bond acceptors (Lipinski definition) is 3. The first-order valence-electron chi connectivity index (χ1n) is 7.61. The van der Waals surface area contributed by atoms with Crippen LogP contribution in [0.2, 0.25) is 0 Å². The Morgan fingerprint density at radius 1 is 1.53 bits per heavy atom. The lowest BCUT2D eigenvalue weighted by atomic mass is 10.1. The largest absolute Gasteiger partial charge is 0.341 e. The Hall–Kier alpha value is -1.03. The van der Waals surface area contributed by atoms with Crippen LogP contribution in [0.15, 0.2) is 6.20 Å². The second-order valence-electron chi connectivity index (χ2n) is 6.04. The molecule has 19 heavy (non-hydrogen) atoms. The number of anilines is 1. The van der Waals surface area contributed by atoms with E-state index in [0.29, 0.717) is 12.0 Å². The van der Waals surface area contributed by atoms with Gasteiger partial charge in [0, 0.05) is 32.4 Å². The van der Waals surface area contributed by atoms with Crippen LogP contribution < -0.4 is 10.2 Å². The molecule has 0 aliphatic carbocycles. The number of likely N-dealkylation sites (N-methyl/N-ethyl adjacent to an activating group) is 1. The summed E-state index contributed by atoms with van der Waals surface area (Å²) in [6.07, 6.45) is 5.76. The lowest BCUT2D eigenvalue weighted by Gasteiger charge is -2.32. The SMILES string of the molecule is CCc1cn(CC(C)C)c(N(C)C2CCCNC2)n1. The van der Waals surface area contributed by atoms with Crippen molar-refractivity contribution in [3.63, 3.8) is 0 Å². The summed E-state index contributed by atoms with van der Waals surface area (Å²) in [6.45, 7) is 9.98. The van der Waals surface area contributed by atoms with Crippen molar-refractivity contribution in [1.82, 2.24) is 14.9 Å². The Morgan fingerprint density at radius 3 is 2.89 bits per heavy atom. The maximum Gasteiger partial charge on any atom is 0.205 e. The maximum atomic E-state index is 4.82. The Labute approximate surface area is 117 Å². The van der Waals surface area contributed by atoms with Crippen LogP contribution in [0.4, 0.5) is 5.95 Å². The van der Waals surface area contributed by atoms with Crippen molar-refractivity contribution in [2.75, 3.05) is 25.0 Å². The van der Waals surface area contributed by atoms with Crippen molar-refractivity contribution >= 4 is 5.95 Å². The molecule has 1 atom stereocenters. The second-order valence-corrected chi connectivity index (χ2v) is 6.04. The van der Waals surface area contributed by atoms with Crippen molar-refractivity contribution in [1.29, 1.82) is 0 Å². The van der Waals surface area contributed by atoms with Gasteiger partial charge in [0.25, 0.3) is 0 Å². The van der Waals surface area contributed by atoms with Crippen LogP contribution in [0.25, 0.3) is 0 Å². The van der Waals surface area contributed by atoms with Gasteiger partial charge in [0.1, 0.15) is 0 Å². The van der Waals surface area contributed by atoms with Gasteiger partial charge in [-0.1, -0.05) is 20.8 Å². The third-order valence-corrected chi connectivity index (χ3v) is 3.86. The first-order chi connectivity index (χ1) is 9.11. The minimum atomic E-state index is 0.576. The Kier molecular flexibility index (Phi) is 4.86. The van der Waals surface area contributed by atoms with Crippen molar-refractivity contribution in [3.8, 4) is 0 Å². The fraction of sp³-hybridized carbons (Fsp3) is 0.800. The first-order valence-corrected chi connectivity index (χ1v) is 7.61. The highest BCUT2D eigenvalue weighted by molar-refractivity contribution is 5.34. The highest BCUT2D eigenvalue weighted by Gasteiger charge is 2.22. The van der Waals surface area contributed by atoms with Gasteiger partial charge in [-0.15, -0.1) is 0 Å². The molecule has 0 amide bonds. The van der Waals surface area contributed by atoms with Gasteiger partial charge in [-0.25, -0.2) is 4.98 Å².